The molecule has 6 nitrogen and oxygen atoms in total. The SMILES string of the molecule is COc1ccc(C2CC(c3ccc(F)cc3)=Nc3ncnn32)cc1OC. The summed E-state index contributed by atoms with van der Waals surface area (Å²) < 4.78 is 25.8. The molecule has 0 spiro atoms. The molecule has 3 aromatic rings. The average molecular weight is 352 g/mol. The Hall–Kier alpha value is -3.22. The zero-order chi connectivity index (χ0) is 18.1. The van der Waals surface area contributed by atoms with E-state index in [9.17, 15) is 4.39 Å². The number of hydrogen-bond donors (Lipinski definition) is 0. The second-order valence-corrected chi connectivity index (χ2v) is 5.90. The fourth-order valence-electron chi connectivity index (χ4n) is 3.12. The number of fused-ring (bicyclic) bond motifs is 1. The largest absolute Gasteiger partial charge is 0.493 e. The lowest BCUT2D eigenvalue weighted by molar-refractivity contribution is 0.353. The van der Waals surface area contributed by atoms with Gasteiger partial charge in [-0.15, -0.1) is 0 Å². The molecule has 0 bridgehead atoms. The van der Waals surface area contributed by atoms with Crippen molar-refractivity contribution in [3.05, 3.63) is 65.7 Å². The smallest absolute Gasteiger partial charge is 0.248 e. The summed E-state index contributed by atoms with van der Waals surface area (Å²) in [4.78, 5) is 8.82. The summed E-state index contributed by atoms with van der Waals surface area (Å²) in [6, 6.07) is 12.0. The monoisotopic (exact) mass is 352 g/mol. The van der Waals surface area contributed by atoms with Crippen molar-refractivity contribution < 1.29 is 13.9 Å². The molecule has 2 aromatic carbocycles. The molecule has 2 heterocycles. The van der Waals surface area contributed by atoms with Gasteiger partial charge in [-0.3, -0.25) is 0 Å². The maximum absolute atomic E-state index is 13.2. The molecule has 1 aliphatic heterocycles. The minimum atomic E-state index is -0.273. The van der Waals surface area contributed by atoms with Crippen LogP contribution in [0.4, 0.5) is 10.3 Å². The molecule has 1 atom stereocenters. The van der Waals surface area contributed by atoms with Gasteiger partial charge in [-0.1, -0.05) is 18.2 Å². The molecule has 1 aromatic heterocycles. The van der Waals surface area contributed by atoms with Crippen LogP contribution in [0.1, 0.15) is 23.6 Å². The van der Waals surface area contributed by atoms with Crippen molar-refractivity contribution in [2.24, 2.45) is 4.99 Å². The van der Waals surface area contributed by atoms with Gasteiger partial charge in [0, 0.05) is 6.42 Å². The van der Waals surface area contributed by atoms with E-state index in [0.29, 0.717) is 23.9 Å². The van der Waals surface area contributed by atoms with Gasteiger partial charge in [0.25, 0.3) is 0 Å². The molecule has 0 saturated carbocycles. The lowest BCUT2D eigenvalue weighted by atomic mass is 9.96. The Labute approximate surface area is 149 Å². The van der Waals surface area contributed by atoms with Gasteiger partial charge < -0.3 is 9.47 Å². The molecule has 1 unspecified atom stereocenters. The van der Waals surface area contributed by atoms with Gasteiger partial charge in [0.05, 0.1) is 26.0 Å². The number of halogens is 1. The van der Waals surface area contributed by atoms with E-state index in [1.54, 1.807) is 31.0 Å². The molecule has 4 rings (SSSR count). The number of ether oxygens (including phenoxy) is 2. The van der Waals surface area contributed by atoms with E-state index >= 15 is 0 Å². The number of aromatic nitrogens is 3. The summed E-state index contributed by atoms with van der Waals surface area (Å²) in [5.41, 5.74) is 2.71. The summed E-state index contributed by atoms with van der Waals surface area (Å²) in [7, 11) is 3.21. The van der Waals surface area contributed by atoms with Gasteiger partial charge in [-0.05, 0) is 35.4 Å². The summed E-state index contributed by atoms with van der Waals surface area (Å²) in [5, 5.41) is 4.32. The van der Waals surface area contributed by atoms with Crippen molar-refractivity contribution in [1.82, 2.24) is 14.8 Å². The Balaban J connectivity index is 1.76. The van der Waals surface area contributed by atoms with Crippen LogP contribution in [0.5, 0.6) is 11.5 Å². The predicted octanol–water partition coefficient (Wildman–Crippen LogP) is 3.55. The van der Waals surface area contributed by atoms with E-state index in [0.717, 1.165) is 16.8 Å². The van der Waals surface area contributed by atoms with E-state index in [1.807, 2.05) is 18.2 Å². The maximum Gasteiger partial charge on any atom is 0.248 e. The molecule has 132 valence electrons. The number of hydrogen-bond acceptors (Lipinski definition) is 5. The Morgan fingerprint density at radius 2 is 1.81 bits per heavy atom. The highest BCUT2D eigenvalue weighted by Crippen LogP contribution is 2.36. The highest BCUT2D eigenvalue weighted by Gasteiger charge is 2.27. The number of nitrogens with zero attached hydrogens (tertiary/aromatic N) is 4. The third-order valence-electron chi connectivity index (χ3n) is 4.44. The molecule has 0 radical (unpaired) electrons. The van der Waals surface area contributed by atoms with E-state index in [4.69, 9.17) is 9.47 Å². The Morgan fingerprint density at radius 3 is 2.54 bits per heavy atom. The summed E-state index contributed by atoms with van der Waals surface area (Å²) in [6.07, 6.45) is 2.09. The Morgan fingerprint density at radius 1 is 1.04 bits per heavy atom. The quantitative estimate of drug-likeness (QED) is 0.720. The van der Waals surface area contributed by atoms with Gasteiger partial charge in [-0.25, -0.2) is 14.1 Å². The third kappa shape index (κ3) is 2.81. The molecule has 1 aliphatic rings. The fourth-order valence-corrected chi connectivity index (χ4v) is 3.12. The van der Waals surface area contributed by atoms with Crippen molar-refractivity contribution in [3.8, 4) is 11.5 Å². The molecule has 0 saturated heterocycles. The van der Waals surface area contributed by atoms with Gasteiger partial charge in [0.2, 0.25) is 5.95 Å². The van der Waals surface area contributed by atoms with Crippen molar-refractivity contribution in [3.63, 3.8) is 0 Å². The first-order valence-electron chi connectivity index (χ1n) is 8.14. The van der Waals surface area contributed by atoms with Crippen molar-refractivity contribution in [2.45, 2.75) is 12.5 Å². The second-order valence-electron chi connectivity index (χ2n) is 5.90. The summed E-state index contributed by atoms with van der Waals surface area (Å²) >= 11 is 0. The van der Waals surface area contributed by atoms with E-state index < -0.39 is 0 Å². The lowest BCUT2D eigenvalue weighted by Gasteiger charge is -2.24. The molecule has 26 heavy (non-hydrogen) atoms. The first kappa shape index (κ1) is 16.3. The number of rotatable bonds is 4. The molecular weight excluding hydrogens is 335 g/mol. The zero-order valence-corrected chi connectivity index (χ0v) is 14.4. The van der Waals surface area contributed by atoms with Crippen LogP contribution in [0, 0.1) is 5.82 Å². The molecule has 0 amide bonds. The van der Waals surface area contributed by atoms with Gasteiger partial charge in [0.1, 0.15) is 12.1 Å². The first-order valence-corrected chi connectivity index (χ1v) is 8.14. The van der Waals surface area contributed by atoms with Crippen molar-refractivity contribution in [2.75, 3.05) is 14.2 Å². The van der Waals surface area contributed by atoms with Crippen molar-refractivity contribution >= 4 is 11.7 Å². The van der Waals surface area contributed by atoms with E-state index in [2.05, 4.69) is 15.1 Å². The van der Waals surface area contributed by atoms with Crippen LogP contribution in [0.3, 0.4) is 0 Å². The topological polar surface area (TPSA) is 61.5 Å². The molecular formula is C19H17FN4O2. The van der Waals surface area contributed by atoms with Crippen LogP contribution < -0.4 is 9.47 Å². The Kier molecular flexibility index (Phi) is 4.12. The highest BCUT2D eigenvalue weighted by molar-refractivity contribution is 6.02. The molecule has 7 heteroatoms. The van der Waals surface area contributed by atoms with Gasteiger partial charge >= 0.3 is 0 Å². The van der Waals surface area contributed by atoms with Gasteiger partial charge in [-0.2, -0.15) is 10.1 Å². The van der Waals surface area contributed by atoms with E-state index in [-0.39, 0.29) is 11.9 Å². The maximum atomic E-state index is 13.2. The normalized spacial score (nSPS) is 16.0. The predicted molar refractivity (Wildman–Crippen MR) is 94.9 cm³/mol. The minimum absolute atomic E-state index is 0.0927. The van der Waals surface area contributed by atoms with Crippen LogP contribution in [0.25, 0.3) is 0 Å². The zero-order valence-electron chi connectivity index (χ0n) is 14.4. The van der Waals surface area contributed by atoms with Gasteiger partial charge in [0.15, 0.2) is 11.5 Å². The minimum Gasteiger partial charge on any atom is -0.493 e. The summed E-state index contributed by atoms with van der Waals surface area (Å²) in [5.74, 6) is 1.57. The number of methoxy groups -OCH3 is 2. The van der Waals surface area contributed by atoms with Crippen molar-refractivity contribution in [1.29, 1.82) is 0 Å². The van der Waals surface area contributed by atoms with E-state index in [1.165, 1.54) is 18.5 Å². The number of aliphatic imine (C=N–C) groups is 1. The molecule has 0 aliphatic carbocycles. The third-order valence-corrected chi connectivity index (χ3v) is 4.44. The van der Waals surface area contributed by atoms with Crippen LogP contribution in [0.15, 0.2) is 53.8 Å². The first-order chi connectivity index (χ1) is 12.7. The number of benzene rings is 2. The van der Waals surface area contributed by atoms with Crippen LogP contribution in [0.2, 0.25) is 0 Å². The second kappa shape index (κ2) is 6.59. The fraction of sp³-hybridized carbons (Fsp3) is 0.211. The average Bonchev–Trinajstić information content (AvgIpc) is 3.16. The molecule has 0 fully saturated rings. The Bertz CT molecular complexity index is 966. The highest BCUT2D eigenvalue weighted by atomic mass is 19.1. The molecule has 0 N–H and O–H groups in total. The van der Waals surface area contributed by atoms with Crippen LogP contribution in [-0.2, 0) is 0 Å². The van der Waals surface area contributed by atoms with Crippen LogP contribution in [-0.4, -0.2) is 34.7 Å². The lowest BCUT2D eigenvalue weighted by Crippen LogP contribution is -2.21. The summed E-state index contributed by atoms with van der Waals surface area (Å²) in [6.45, 7) is 0. The standard InChI is InChI=1S/C19H17FN4O2/c1-25-17-8-5-13(9-18(17)26-2)16-10-15(12-3-6-14(20)7-4-12)23-19-21-11-22-24(16)19/h3-9,11,16H,10H2,1-2H3. The van der Waals surface area contributed by atoms with Crippen LogP contribution >= 0.6 is 0 Å².